The molecule has 1 saturated carbocycles. The van der Waals surface area contributed by atoms with Gasteiger partial charge in [0, 0.05) is 0 Å². The molecule has 2 aromatic carbocycles. The molecule has 0 N–H and O–H groups in total. The Kier molecular flexibility index (Phi) is 6.46. The highest BCUT2D eigenvalue weighted by atomic mass is 28.3. The first-order chi connectivity index (χ1) is 15.9. The lowest BCUT2D eigenvalue weighted by Crippen LogP contribution is -2.46. The van der Waals surface area contributed by atoms with Crippen LogP contribution in [0.3, 0.4) is 0 Å². The van der Waals surface area contributed by atoms with Crippen molar-refractivity contribution in [3.63, 3.8) is 0 Å². The number of hydrogen-bond acceptors (Lipinski definition) is 0. The lowest BCUT2D eigenvalue weighted by molar-refractivity contribution is 0.508. The van der Waals surface area contributed by atoms with Crippen LogP contribution in [0.1, 0.15) is 69.6 Å². The molecular weight excluding hydrogens is 412 g/mol. The topological polar surface area (TPSA) is 0 Å². The molecule has 1 heteroatoms. The first kappa shape index (κ1) is 23.2. The number of rotatable bonds is 5. The summed E-state index contributed by atoms with van der Waals surface area (Å²) in [5.74, 6) is 3.27. The maximum absolute atomic E-state index is 2.66. The number of hydrogen-bond donors (Lipinski definition) is 0. The van der Waals surface area contributed by atoms with E-state index in [-0.39, 0.29) is 0 Å². The molecule has 2 aromatic rings. The molecule has 2 aliphatic carbocycles. The minimum absolute atomic E-state index is 0.713. The van der Waals surface area contributed by atoms with Gasteiger partial charge >= 0.3 is 0 Å². The van der Waals surface area contributed by atoms with Crippen molar-refractivity contribution in [3.8, 4) is 0 Å². The molecular formula is C32H44Si. The smallest absolute Gasteiger partial charge is 0.0578 e. The van der Waals surface area contributed by atoms with Crippen molar-refractivity contribution in [2.24, 2.45) is 23.7 Å². The Morgan fingerprint density at radius 1 is 1.00 bits per heavy atom. The molecule has 5 atom stereocenters. The van der Waals surface area contributed by atoms with E-state index in [1.165, 1.54) is 59.6 Å². The number of allylic oxidation sites excluding steroid dienone is 4. The largest absolute Gasteiger partial charge is 0.0808 e. The van der Waals surface area contributed by atoms with Gasteiger partial charge in [0.25, 0.3) is 0 Å². The Bertz CT molecular complexity index is 1070. The third-order valence-corrected chi connectivity index (χ3v) is 16.4. The predicted molar refractivity (Wildman–Crippen MR) is 149 cm³/mol. The Morgan fingerprint density at radius 3 is 2.55 bits per heavy atom. The van der Waals surface area contributed by atoms with E-state index in [0.29, 0.717) is 5.92 Å². The Morgan fingerprint density at radius 2 is 1.79 bits per heavy atom. The molecule has 1 aliphatic heterocycles. The van der Waals surface area contributed by atoms with Gasteiger partial charge < -0.3 is 0 Å². The van der Waals surface area contributed by atoms with Gasteiger partial charge in [-0.05, 0) is 77.0 Å². The van der Waals surface area contributed by atoms with E-state index < -0.39 is 8.07 Å². The second kappa shape index (κ2) is 9.21. The molecule has 5 unspecified atom stereocenters. The van der Waals surface area contributed by atoms with Gasteiger partial charge in [0.2, 0.25) is 0 Å². The first-order valence-corrected chi connectivity index (χ1v) is 16.5. The fourth-order valence-corrected chi connectivity index (χ4v) is 16.0. The summed E-state index contributed by atoms with van der Waals surface area (Å²) in [4.78, 5) is 0. The van der Waals surface area contributed by atoms with Crippen molar-refractivity contribution in [2.75, 3.05) is 0 Å². The van der Waals surface area contributed by atoms with Gasteiger partial charge in [0.15, 0.2) is 0 Å². The molecule has 176 valence electrons. The van der Waals surface area contributed by atoms with Crippen molar-refractivity contribution >= 4 is 24.4 Å². The van der Waals surface area contributed by atoms with Crippen LogP contribution in [0, 0.1) is 37.5 Å². The van der Waals surface area contributed by atoms with Gasteiger partial charge in [-0.15, -0.1) is 0 Å². The van der Waals surface area contributed by atoms with Gasteiger partial charge in [0.1, 0.15) is 0 Å². The zero-order chi connectivity index (χ0) is 23.2. The lowest BCUT2D eigenvalue weighted by Gasteiger charge is -2.46. The maximum atomic E-state index is 2.66. The van der Waals surface area contributed by atoms with Crippen LogP contribution < -0.4 is 0 Å². The fraction of sp³-hybridized carbons (Fsp3) is 0.562. The summed E-state index contributed by atoms with van der Waals surface area (Å²) in [5.41, 5.74) is 6.90. The summed E-state index contributed by atoms with van der Waals surface area (Å²) in [6.07, 6.45) is 14.8. The maximum Gasteiger partial charge on any atom is 0.0578 e. The second-order valence-electron chi connectivity index (χ2n) is 12.0. The van der Waals surface area contributed by atoms with Gasteiger partial charge in [0.05, 0.1) is 8.07 Å². The highest BCUT2D eigenvalue weighted by molar-refractivity contribution is 6.81. The predicted octanol–water partition coefficient (Wildman–Crippen LogP) is 9.73. The number of fused-ring (bicyclic) bond motifs is 2. The van der Waals surface area contributed by atoms with Crippen LogP contribution in [0.4, 0.5) is 0 Å². The second-order valence-corrected chi connectivity index (χ2v) is 16.8. The quantitative estimate of drug-likeness (QED) is 0.393. The lowest BCUT2D eigenvalue weighted by atomic mass is 9.79. The van der Waals surface area contributed by atoms with Crippen LogP contribution in [-0.2, 0) is 0 Å². The molecule has 0 bridgehead atoms. The van der Waals surface area contributed by atoms with Crippen LogP contribution in [0.25, 0.3) is 16.3 Å². The highest BCUT2D eigenvalue weighted by Gasteiger charge is 2.53. The average molecular weight is 457 g/mol. The SMILES string of the molecule is CCC(C)C[Si]1(C2C(C)CC3C(c4ccc(C)c5ccc(C)cc45)=CC=CC32)CCCCC1. The van der Waals surface area contributed by atoms with Crippen molar-refractivity contribution in [1.29, 1.82) is 0 Å². The van der Waals surface area contributed by atoms with E-state index in [2.05, 4.69) is 83.2 Å². The van der Waals surface area contributed by atoms with Crippen LogP contribution in [0.5, 0.6) is 0 Å². The third-order valence-electron chi connectivity index (χ3n) is 9.84. The van der Waals surface area contributed by atoms with E-state index in [9.17, 15) is 0 Å². The summed E-state index contributed by atoms with van der Waals surface area (Å²) >= 11 is 0. The minimum atomic E-state index is -1.29. The summed E-state index contributed by atoms with van der Waals surface area (Å²) in [6.45, 7) is 12.1. The molecule has 0 nitrogen and oxygen atoms in total. The molecule has 1 heterocycles. The molecule has 2 fully saturated rings. The van der Waals surface area contributed by atoms with E-state index >= 15 is 0 Å². The Balaban J connectivity index is 1.55. The number of benzene rings is 2. The summed E-state index contributed by atoms with van der Waals surface area (Å²) in [7, 11) is -1.29. The van der Waals surface area contributed by atoms with E-state index in [0.717, 1.165) is 23.3 Å². The summed E-state index contributed by atoms with van der Waals surface area (Å²) in [5, 5.41) is 2.90. The zero-order valence-electron chi connectivity index (χ0n) is 21.7. The number of aryl methyl sites for hydroxylation is 2. The van der Waals surface area contributed by atoms with Gasteiger partial charge in [-0.3, -0.25) is 0 Å². The molecule has 33 heavy (non-hydrogen) atoms. The highest BCUT2D eigenvalue weighted by Crippen LogP contribution is 2.61. The molecule has 0 aromatic heterocycles. The van der Waals surface area contributed by atoms with E-state index in [4.69, 9.17) is 0 Å². The standard InChI is InChI=1S/C32H44Si/c1-6-22(2)21-33(17-8-7-9-18-33)32-25(5)20-31-27(11-10-12-29(31)32)28-16-14-24(4)26-15-13-23(3)19-30(26)28/h10-16,19,22,25,29,31-32H,6-9,17-18,20-21H2,1-5H3. The normalized spacial score (nSPS) is 29.7. The fourth-order valence-electron chi connectivity index (χ4n) is 8.27. The average Bonchev–Trinajstić information content (AvgIpc) is 3.16. The van der Waals surface area contributed by atoms with Crippen LogP contribution in [0.2, 0.25) is 23.7 Å². The van der Waals surface area contributed by atoms with Gasteiger partial charge in [-0.25, -0.2) is 0 Å². The van der Waals surface area contributed by atoms with Gasteiger partial charge in [-0.2, -0.15) is 0 Å². The van der Waals surface area contributed by atoms with E-state index in [1.54, 1.807) is 23.7 Å². The Hall–Kier alpha value is -1.60. The van der Waals surface area contributed by atoms with Crippen LogP contribution >= 0.6 is 0 Å². The van der Waals surface area contributed by atoms with Crippen LogP contribution in [-0.4, -0.2) is 8.07 Å². The molecule has 0 spiro atoms. The monoisotopic (exact) mass is 456 g/mol. The van der Waals surface area contributed by atoms with Crippen molar-refractivity contribution < 1.29 is 0 Å². The molecule has 1 saturated heterocycles. The summed E-state index contributed by atoms with van der Waals surface area (Å²) in [6, 6.07) is 16.6. The Labute approximate surface area is 203 Å². The van der Waals surface area contributed by atoms with Crippen molar-refractivity contribution in [2.45, 2.75) is 90.4 Å². The van der Waals surface area contributed by atoms with Crippen LogP contribution in [0.15, 0.2) is 48.6 Å². The summed E-state index contributed by atoms with van der Waals surface area (Å²) < 4.78 is 0. The van der Waals surface area contributed by atoms with E-state index in [1.807, 2.05) is 0 Å². The molecule has 5 rings (SSSR count). The van der Waals surface area contributed by atoms with Gasteiger partial charge in [-0.1, -0.05) is 119 Å². The molecule has 0 radical (unpaired) electrons. The van der Waals surface area contributed by atoms with Crippen molar-refractivity contribution in [3.05, 3.63) is 65.3 Å². The third kappa shape index (κ3) is 4.09. The molecule has 0 amide bonds. The molecule has 3 aliphatic rings. The van der Waals surface area contributed by atoms with Crippen molar-refractivity contribution in [1.82, 2.24) is 0 Å². The zero-order valence-corrected chi connectivity index (χ0v) is 22.7. The minimum Gasteiger partial charge on any atom is -0.0808 e. The first-order valence-electron chi connectivity index (χ1n) is 13.8.